The fourth-order valence-electron chi connectivity index (χ4n) is 3.27. The van der Waals surface area contributed by atoms with E-state index in [2.05, 4.69) is 5.32 Å². The summed E-state index contributed by atoms with van der Waals surface area (Å²) in [5, 5.41) is 2.47. The summed E-state index contributed by atoms with van der Waals surface area (Å²) in [5.74, 6) is -0.960. The van der Waals surface area contributed by atoms with Crippen LogP contribution in [0.2, 0.25) is 0 Å². The van der Waals surface area contributed by atoms with Crippen molar-refractivity contribution >= 4 is 17.7 Å². The van der Waals surface area contributed by atoms with Crippen molar-refractivity contribution in [2.75, 3.05) is 20.3 Å². The van der Waals surface area contributed by atoms with Crippen LogP contribution in [0, 0.1) is 0 Å². The molecular formula is C22H23NO5. The zero-order valence-corrected chi connectivity index (χ0v) is 15.8. The number of amides is 1. The maximum absolute atomic E-state index is 12.3. The monoisotopic (exact) mass is 381 g/mol. The molecule has 0 atom stereocenters. The molecule has 1 amide bonds. The Balaban J connectivity index is 1.49. The van der Waals surface area contributed by atoms with Crippen LogP contribution >= 0.6 is 0 Å². The molecule has 1 aliphatic rings. The van der Waals surface area contributed by atoms with E-state index in [1.165, 1.54) is 24.7 Å². The number of ketones is 1. The number of Topliss-reactive ketones (excluding diaryl/α,β-unsaturated/α-hetero) is 1. The smallest absolute Gasteiger partial charge is 0.325 e. The summed E-state index contributed by atoms with van der Waals surface area (Å²) in [4.78, 5) is 36.3. The predicted octanol–water partition coefficient (Wildman–Crippen LogP) is 2.73. The van der Waals surface area contributed by atoms with E-state index in [1.807, 2.05) is 12.1 Å². The molecule has 2 aromatic carbocycles. The van der Waals surface area contributed by atoms with Crippen LogP contribution in [-0.2, 0) is 22.4 Å². The molecule has 6 nitrogen and oxygen atoms in total. The highest BCUT2D eigenvalue weighted by Gasteiger charge is 2.16. The number of rotatable bonds is 7. The molecule has 0 unspecified atom stereocenters. The highest BCUT2D eigenvalue weighted by Crippen LogP contribution is 2.22. The van der Waals surface area contributed by atoms with E-state index in [4.69, 9.17) is 9.47 Å². The van der Waals surface area contributed by atoms with Gasteiger partial charge in [-0.05, 0) is 55.0 Å². The SMILES string of the molecule is COc1ccccc1C(=O)NCC(=O)OCC(=O)c1ccc2c(c1)CCCC2. The van der Waals surface area contributed by atoms with Crippen molar-refractivity contribution in [3.63, 3.8) is 0 Å². The number of hydrogen-bond donors (Lipinski definition) is 1. The summed E-state index contributed by atoms with van der Waals surface area (Å²) in [7, 11) is 1.46. The lowest BCUT2D eigenvalue weighted by Gasteiger charge is -2.16. The first-order valence-corrected chi connectivity index (χ1v) is 9.30. The van der Waals surface area contributed by atoms with Crippen LogP contribution in [0.4, 0.5) is 0 Å². The number of nitrogens with one attached hydrogen (secondary N) is 1. The lowest BCUT2D eigenvalue weighted by atomic mass is 9.90. The number of para-hydroxylation sites is 1. The van der Waals surface area contributed by atoms with Gasteiger partial charge < -0.3 is 14.8 Å². The van der Waals surface area contributed by atoms with E-state index in [0.29, 0.717) is 16.9 Å². The van der Waals surface area contributed by atoms with E-state index in [0.717, 1.165) is 19.3 Å². The van der Waals surface area contributed by atoms with Crippen molar-refractivity contribution < 1.29 is 23.9 Å². The molecule has 0 saturated heterocycles. The molecule has 0 aliphatic heterocycles. The minimum Gasteiger partial charge on any atom is -0.496 e. The van der Waals surface area contributed by atoms with Crippen molar-refractivity contribution in [3.8, 4) is 5.75 Å². The molecule has 0 heterocycles. The van der Waals surface area contributed by atoms with Crippen LogP contribution in [0.5, 0.6) is 5.75 Å². The Labute approximate surface area is 163 Å². The summed E-state index contributed by atoms with van der Waals surface area (Å²) in [6.45, 7) is -0.670. The van der Waals surface area contributed by atoms with E-state index >= 15 is 0 Å². The van der Waals surface area contributed by atoms with Gasteiger partial charge in [-0.1, -0.05) is 24.3 Å². The molecule has 0 bridgehead atoms. The Bertz CT molecular complexity index is 890. The lowest BCUT2D eigenvalue weighted by Crippen LogP contribution is -2.31. The molecule has 2 aromatic rings. The Hall–Kier alpha value is -3.15. The quantitative estimate of drug-likeness (QED) is 0.589. The van der Waals surface area contributed by atoms with E-state index < -0.39 is 11.9 Å². The number of benzene rings is 2. The zero-order chi connectivity index (χ0) is 19.9. The van der Waals surface area contributed by atoms with Gasteiger partial charge in [0.2, 0.25) is 0 Å². The van der Waals surface area contributed by atoms with Gasteiger partial charge in [0, 0.05) is 5.56 Å². The predicted molar refractivity (Wildman–Crippen MR) is 104 cm³/mol. The number of methoxy groups -OCH3 is 1. The van der Waals surface area contributed by atoms with Gasteiger partial charge in [-0.25, -0.2) is 0 Å². The minimum absolute atomic E-state index is 0.252. The number of aryl methyl sites for hydroxylation is 2. The first kappa shape index (κ1) is 19.6. The molecule has 146 valence electrons. The number of carbonyl (C=O) groups is 3. The fourth-order valence-corrected chi connectivity index (χ4v) is 3.27. The molecule has 3 rings (SSSR count). The Morgan fingerprint density at radius 3 is 2.54 bits per heavy atom. The normalized spacial score (nSPS) is 12.6. The molecule has 28 heavy (non-hydrogen) atoms. The standard InChI is InChI=1S/C22H23NO5/c1-27-20-9-5-4-8-18(20)22(26)23-13-21(25)28-14-19(24)17-11-10-15-6-2-3-7-16(15)12-17/h4-5,8-12H,2-3,6-7,13-14H2,1H3,(H,23,26). The third kappa shape index (κ3) is 4.76. The van der Waals surface area contributed by atoms with Crippen molar-refractivity contribution in [1.29, 1.82) is 0 Å². The van der Waals surface area contributed by atoms with Gasteiger partial charge in [0.1, 0.15) is 12.3 Å². The molecule has 0 radical (unpaired) electrons. The van der Waals surface area contributed by atoms with Crippen molar-refractivity contribution in [2.45, 2.75) is 25.7 Å². The van der Waals surface area contributed by atoms with E-state index in [-0.39, 0.29) is 18.9 Å². The minimum atomic E-state index is -0.672. The lowest BCUT2D eigenvalue weighted by molar-refractivity contribution is -0.141. The fraction of sp³-hybridized carbons (Fsp3) is 0.318. The summed E-state index contributed by atoms with van der Waals surface area (Å²) < 4.78 is 10.1. The summed E-state index contributed by atoms with van der Waals surface area (Å²) in [6.07, 6.45) is 4.33. The second kappa shape index (κ2) is 9.17. The molecule has 0 saturated carbocycles. The topological polar surface area (TPSA) is 81.7 Å². The van der Waals surface area contributed by atoms with E-state index in [9.17, 15) is 14.4 Å². The van der Waals surface area contributed by atoms with Gasteiger partial charge in [-0.15, -0.1) is 0 Å². The number of hydrogen-bond acceptors (Lipinski definition) is 5. The highest BCUT2D eigenvalue weighted by molar-refractivity contribution is 5.99. The molecule has 0 fully saturated rings. The summed E-state index contributed by atoms with van der Waals surface area (Å²) in [6, 6.07) is 12.4. The maximum atomic E-state index is 12.3. The molecule has 0 aromatic heterocycles. The van der Waals surface area contributed by atoms with E-state index in [1.54, 1.807) is 30.3 Å². The van der Waals surface area contributed by atoms with Crippen LogP contribution in [0.15, 0.2) is 42.5 Å². The third-order valence-electron chi connectivity index (χ3n) is 4.78. The molecule has 1 N–H and O–H groups in total. The van der Waals surface area contributed by atoms with Crippen LogP contribution in [0.1, 0.15) is 44.7 Å². The van der Waals surface area contributed by atoms with Crippen LogP contribution < -0.4 is 10.1 Å². The zero-order valence-electron chi connectivity index (χ0n) is 15.8. The van der Waals surface area contributed by atoms with Crippen LogP contribution in [0.3, 0.4) is 0 Å². The number of esters is 1. The first-order chi connectivity index (χ1) is 13.6. The highest BCUT2D eigenvalue weighted by atomic mass is 16.5. The molecule has 6 heteroatoms. The van der Waals surface area contributed by atoms with Crippen LogP contribution in [-0.4, -0.2) is 37.9 Å². The largest absolute Gasteiger partial charge is 0.496 e. The average molecular weight is 381 g/mol. The van der Waals surface area contributed by atoms with Crippen LogP contribution in [0.25, 0.3) is 0 Å². The molecule has 0 spiro atoms. The molecule has 1 aliphatic carbocycles. The number of ether oxygens (including phenoxy) is 2. The third-order valence-corrected chi connectivity index (χ3v) is 4.78. The number of fused-ring (bicyclic) bond motifs is 1. The van der Waals surface area contributed by atoms with Gasteiger partial charge >= 0.3 is 5.97 Å². The first-order valence-electron chi connectivity index (χ1n) is 9.30. The Morgan fingerprint density at radius 1 is 1.00 bits per heavy atom. The van der Waals surface area contributed by atoms with Gasteiger partial charge in [-0.3, -0.25) is 14.4 Å². The Kier molecular flexibility index (Phi) is 6.42. The number of carbonyl (C=O) groups excluding carboxylic acids is 3. The second-order valence-corrected chi connectivity index (χ2v) is 6.66. The van der Waals surface area contributed by atoms with Gasteiger partial charge in [0.15, 0.2) is 12.4 Å². The van der Waals surface area contributed by atoms with Crippen molar-refractivity contribution in [3.05, 3.63) is 64.7 Å². The van der Waals surface area contributed by atoms with Gasteiger partial charge in [-0.2, -0.15) is 0 Å². The van der Waals surface area contributed by atoms with Crippen molar-refractivity contribution in [2.24, 2.45) is 0 Å². The average Bonchev–Trinajstić information content (AvgIpc) is 2.75. The maximum Gasteiger partial charge on any atom is 0.325 e. The Morgan fingerprint density at radius 2 is 1.75 bits per heavy atom. The van der Waals surface area contributed by atoms with Crippen molar-refractivity contribution in [1.82, 2.24) is 5.32 Å². The summed E-state index contributed by atoms with van der Waals surface area (Å²) in [5.41, 5.74) is 3.36. The second-order valence-electron chi connectivity index (χ2n) is 6.66. The summed E-state index contributed by atoms with van der Waals surface area (Å²) >= 11 is 0. The van der Waals surface area contributed by atoms with Gasteiger partial charge in [0.05, 0.1) is 12.7 Å². The van der Waals surface area contributed by atoms with Gasteiger partial charge in [0.25, 0.3) is 5.91 Å². The molecular weight excluding hydrogens is 358 g/mol.